The molecule has 1 saturated heterocycles. The van der Waals surface area contributed by atoms with E-state index >= 15 is 0 Å². The quantitative estimate of drug-likeness (QED) is 0.281. The van der Waals surface area contributed by atoms with Crippen LogP contribution in [0.1, 0.15) is 56.9 Å². The van der Waals surface area contributed by atoms with Crippen LogP contribution in [0.4, 0.5) is 5.69 Å². The Labute approximate surface area is 220 Å². The largest absolute Gasteiger partial charge is 0.495 e. The van der Waals surface area contributed by atoms with Crippen molar-refractivity contribution < 1.29 is 29.6 Å². The summed E-state index contributed by atoms with van der Waals surface area (Å²) in [4.78, 5) is 23.2. The molecule has 2 aromatic rings. The van der Waals surface area contributed by atoms with Gasteiger partial charge in [-0.05, 0) is 37.1 Å². The maximum absolute atomic E-state index is 11.0. The summed E-state index contributed by atoms with van der Waals surface area (Å²) in [5, 5.41) is 25.8. The number of benzene rings is 2. The van der Waals surface area contributed by atoms with Crippen molar-refractivity contribution in [1.82, 2.24) is 4.90 Å². The molecule has 8 heteroatoms. The number of aliphatic carboxylic acids is 2. The lowest BCUT2D eigenvalue weighted by molar-refractivity contribution is -0.159. The highest BCUT2D eigenvalue weighted by atomic mass is 16.5. The van der Waals surface area contributed by atoms with Crippen LogP contribution in [0.15, 0.2) is 54.6 Å². The van der Waals surface area contributed by atoms with E-state index in [1.165, 1.54) is 30.5 Å². The van der Waals surface area contributed by atoms with Gasteiger partial charge < -0.3 is 25.0 Å². The SMILES string of the molecule is CCCCCCC(O)C(CCN1CCN(c2ccccc2OC)CC1)c1ccccc1.O=C(O)C(=O)O. The fourth-order valence-corrected chi connectivity index (χ4v) is 4.69. The molecule has 0 spiro atoms. The smallest absolute Gasteiger partial charge is 0.414 e. The zero-order chi connectivity index (χ0) is 27.0. The Morgan fingerprint density at radius 1 is 0.865 bits per heavy atom. The van der Waals surface area contributed by atoms with E-state index in [-0.39, 0.29) is 12.0 Å². The summed E-state index contributed by atoms with van der Waals surface area (Å²) in [6, 6.07) is 18.9. The van der Waals surface area contributed by atoms with Crippen LogP contribution in [0.25, 0.3) is 0 Å². The number of ether oxygens (including phenoxy) is 1. The Balaban J connectivity index is 0.000000717. The van der Waals surface area contributed by atoms with Gasteiger partial charge in [0.1, 0.15) is 5.75 Å². The maximum Gasteiger partial charge on any atom is 0.414 e. The van der Waals surface area contributed by atoms with Crippen LogP contribution >= 0.6 is 0 Å². The molecule has 1 aliphatic rings. The summed E-state index contributed by atoms with van der Waals surface area (Å²) in [6.45, 7) is 7.38. The minimum absolute atomic E-state index is 0.218. The molecule has 0 aliphatic carbocycles. The number of para-hydroxylation sites is 2. The number of aliphatic hydroxyl groups is 1. The number of carbonyl (C=O) groups is 2. The van der Waals surface area contributed by atoms with Gasteiger partial charge in [0.2, 0.25) is 0 Å². The first kappa shape index (κ1) is 30.1. The van der Waals surface area contributed by atoms with Gasteiger partial charge in [0.25, 0.3) is 0 Å². The third-order valence-corrected chi connectivity index (χ3v) is 6.78. The second-order valence-electron chi connectivity index (χ2n) is 9.33. The third-order valence-electron chi connectivity index (χ3n) is 6.78. The number of piperazine rings is 1. The number of carboxylic acids is 2. The molecule has 1 fully saturated rings. The number of nitrogens with zero attached hydrogens (tertiary/aromatic N) is 2. The van der Waals surface area contributed by atoms with Gasteiger partial charge in [-0.3, -0.25) is 4.90 Å². The van der Waals surface area contributed by atoms with E-state index in [2.05, 4.69) is 59.2 Å². The molecule has 0 saturated carbocycles. The molecule has 0 radical (unpaired) electrons. The van der Waals surface area contributed by atoms with Crippen LogP contribution in [0.3, 0.4) is 0 Å². The van der Waals surface area contributed by atoms with Crippen LogP contribution in [0.2, 0.25) is 0 Å². The molecule has 204 valence electrons. The molecule has 2 unspecified atom stereocenters. The summed E-state index contributed by atoms with van der Waals surface area (Å²) in [5.41, 5.74) is 2.47. The first-order chi connectivity index (χ1) is 17.9. The fourth-order valence-electron chi connectivity index (χ4n) is 4.69. The van der Waals surface area contributed by atoms with Crippen LogP contribution < -0.4 is 9.64 Å². The molecule has 8 nitrogen and oxygen atoms in total. The minimum Gasteiger partial charge on any atom is -0.495 e. The van der Waals surface area contributed by atoms with Crippen LogP contribution in [0.5, 0.6) is 5.75 Å². The molecule has 2 aromatic carbocycles. The number of hydrogen-bond acceptors (Lipinski definition) is 6. The van der Waals surface area contributed by atoms with Crippen molar-refractivity contribution in [2.45, 2.75) is 57.5 Å². The average molecular weight is 515 g/mol. The first-order valence-corrected chi connectivity index (χ1v) is 13.2. The highest BCUT2D eigenvalue weighted by Gasteiger charge is 2.24. The van der Waals surface area contributed by atoms with Gasteiger partial charge in [-0.15, -0.1) is 0 Å². The van der Waals surface area contributed by atoms with Crippen LogP contribution in [-0.2, 0) is 9.59 Å². The predicted molar refractivity (Wildman–Crippen MR) is 145 cm³/mol. The Hall–Kier alpha value is -3.10. The Bertz CT molecular complexity index is 919. The lowest BCUT2D eigenvalue weighted by atomic mass is 9.87. The van der Waals surface area contributed by atoms with Crippen molar-refractivity contribution in [2.24, 2.45) is 0 Å². The van der Waals surface area contributed by atoms with Gasteiger partial charge in [0.15, 0.2) is 0 Å². The minimum atomic E-state index is -1.82. The molecule has 3 rings (SSSR count). The lowest BCUT2D eigenvalue weighted by Gasteiger charge is -2.37. The van der Waals surface area contributed by atoms with Crippen molar-refractivity contribution in [2.75, 3.05) is 44.7 Å². The van der Waals surface area contributed by atoms with Crippen LogP contribution in [0, 0.1) is 0 Å². The van der Waals surface area contributed by atoms with E-state index < -0.39 is 11.9 Å². The molecule has 0 aromatic heterocycles. The zero-order valence-electron chi connectivity index (χ0n) is 22.1. The van der Waals surface area contributed by atoms with Gasteiger partial charge >= 0.3 is 11.9 Å². The second kappa shape index (κ2) is 16.6. The number of hydrogen-bond donors (Lipinski definition) is 3. The molecule has 0 bridgehead atoms. The average Bonchev–Trinajstić information content (AvgIpc) is 2.92. The highest BCUT2D eigenvalue weighted by Crippen LogP contribution is 2.30. The number of anilines is 1. The van der Waals surface area contributed by atoms with E-state index in [9.17, 15) is 5.11 Å². The number of carboxylic acid groups (broad SMARTS) is 2. The number of rotatable bonds is 12. The monoisotopic (exact) mass is 514 g/mol. The normalized spacial score (nSPS) is 15.3. The van der Waals surface area contributed by atoms with Gasteiger partial charge in [0.05, 0.1) is 18.9 Å². The summed E-state index contributed by atoms with van der Waals surface area (Å²) in [5.74, 6) is -2.48. The number of methoxy groups -OCH3 is 1. The standard InChI is InChI=1S/C27H40N2O2.C2H2O4/c1-3-4-5-9-15-26(30)24(23-12-7-6-8-13-23)17-18-28-19-21-29(22-20-28)25-14-10-11-16-27(25)31-2;3-1(4)2(5)6/h6-8,10-14,16,24,26,30H,3-5,9,15,17-22H2,1-2H3;(H,3,4)(H,5,6). The van der Waals surface area contributed by atoms with Crippen molar-refractivity contribution in [3.05, 3.63) is 60.2 Å². The third kappa shape index (κ3) is 10.4. The molecule has 3 N–H and O–H groups in total. The molecule has 1 heterocycles. The Kier molecular flexibility index (Phi) is 13.5. The van der Waals surface area contributed by atoms with Gasteiger partial charge in [0, 0.05) is 32.1 Å². The van der Waals surface area contributed by atoms with Crippen molar-refractivity contribution in [3.63, 3.8) is 0 Å². The summed E-state index contributed by atoms with van der Waals surface area (Å²) < 4.78 is 5.54. The second-order valence-corrected chi connectivity index (χ2v) is 9.33. The van der Waals surface area contributed by atoms with E-state index in [1.54, 1.807) is 7.11 Å². The maximum atomic E-state index is 11.0. The van der Waals surface area contributed by atoms with Crippen molar-refractivity contribution >= 4 is 17.6 Å². The van der Waals surface area contributed by atoms with Crippen molar-refractivity contribution in [3.8, 4) is 5.75 Å². The van der Waals surface area contributed by atoms with Crippen molar-refractivity contribution in [1.29, 1.82) is 0 Å². The summed E-state index contributed by atoms with van der Waals surface area (Å²) in [7, 11) is 1.74. The molecular formula is C29H42N2O6. The van der Waals surface area contributed by atoms with E-state index in [0.29, 0.717) is 0 Å². The zero-order valence-corrected chi connectivity index (χ0v) is 22.1. The highest BCUT2D eigenvalue weighted by molar-refractivity contribution is 6.27. The van der Waals surface area contributed by atoms with Crippen LogP contribution in [-0.4, -0.2) is 78.1 Å². The summed E-state index contributed by atoms with van der Waals surface area (Å²) in [6.07, 6.45) is 6.50. The first-order valence-electron chi connectivity index (χ1n) is 13.2. The molecule has 2 atom stereocenters. The molecule has 1 aliphatic heterocycles. The number of unbranched alkanes of at least 4 members (excludes halogenated alkanes) is 3. The molecular weight excluding hydrogens is 472 g/mol. The summed E-state index contributed by atoms with van der Waals surface area (Å²) >= 11 is 0. The van der Waals surface area contributed by atoms with Gasteiger partial charge in [-0.2, -0.15) is 0 Å². The topological polar surface area (TPSA) is 111 Å². The van der Waals surface area contributed by atoms with Gasteiger partial charge in [-0.1, -0.05) is 75.1 Å². The molecule has 0 amide bonds. The van der Waals surface area contributed by atoms with E-state index in [0.717, 1.165) is 57.7 Å². The Morgan fingerprint density at radius 3 is 2.08 bits per heavy atom. The molecule has 37 heavy (non-hydrogen) atoms. The van der Waals surface area contributed by atoms with E-state index in [1.807, 2.05) is 12.1 Å². The number of aliphatic hydroxyl groups excluding tert-OH is 1. The lowest BCUT2D eigenvalue weighted by Crippen LogP contribution is -2.47. The van der Waals surface area contributed by atoms with E-state index in [4.69, 9.17) is 24.5 Å². The predicted octanol–water partition coefficient (Wildman–Crippen LogP) is 4.48. The fraction of sp³-hybridized carbons (Fsp3) is 0.517. The Morgan fingerprint density at radius 2 is 1.49 bits per heavy atom. The van der Waals surface area contributed by atoms with Gasteiger partial charge in [-0.25, -0.2) is 9.59 Å².